The van der Waals surface area contributed by atoms with Crippen molar-refractivity contribution < 1.29 is 13.2 Å². The molecule has 126 valence electrons. The molecule has 0 atom stereocenters. The van der Waals surface area contributed by atoms with Gasteiger partial charge in [0.15, 0.2) is 0 Å². The molecule has 0 heterocycles. The van der Waals surface area contributed by atoms with E-state index >= 15 is 0 Å². The molecule has 0 unspecified atom stereocenters. The summed E-state index contributed by atoms with van der Waals surface area (Å²) in [5.41, 5.74) is 1.37. The first kappa shape index (κ1) is 18.1. The van der Waals surface area contributed by atoms with Gasteiger partial charge in [0.05, 0.1) is 35.2 Å². The second-order valence-electron chi connectivity index (χ2n) is 4.97. The molecule has 0 aliphatic heterocycles. The lowest BCUT2D eigenvalue weighted by atomic mass is 10.1. The van der Waals surface area contributed by atoms with Gasteiger partial charge in [-0.3, -0.25) is 4.31 Å². The zero-order valence-electron chi connectivity index (χ0n) is 13.4. The van der Waals surface area contributed by atoms with Crippen LogP contribution in [0.3, 0.4) is 0 Å². The molecule has 0 aromatic heterocycles. The fraction of sp³-hybridized carbons (Fsp3) is 0.235. The molecule has 2 rings (SSSR count). The van der Waals surface area contributed by atoms with Crippen LogP contribution in [0.4, 0.5) is 5.69 Å². The molecule has 24 heavy (non-hydrogen) atoms. The monoisotopic (exact) mass is 364 g/mol. The van der Waals surface area contributed by atoms with E-state index in [0.29, 0.717) is 11.4 Å². The maximum Gasteiger partial charge on any atom is 0.264 e. The molecule has 7 heteroatoms. The van der Waals surface area contributed by atoms with Crippen LogP contribution in [0.5, 0.6) is 5.75 Å². The van der Waals surface area contributed by atoms with Gasteiger partial charge in [0.25, 0.3) is 10.0 Å². The van der Waals surface area contributed by atoms with Crippen molar-refractivity contribution in [2.45, 2.75) is 18.2 Å². The van der Waals surface area contributed by atoms with Gasteiger partial charge in [-0.15, -0.1) is 0 Å². The Hall–Kier alpha value is -2.23. The number of anilines is 1. The Morgan fingerprint density at radius 2 is 1.88 bits per heavy atom. The largest absolute Gasteiger partial charge is 0.495 e. The van der Waals surface area contributed by atoms with E-state index in [1.54, 1.807) is 31.2 Å². The molecule has 0 saturated carbocycles. The van der Waals surface area contributed by atoms with Gasteiger partial charge in [-0.1, -0.05) is 23.7 Å². The molecular formula is C17H17ClN2O3S. The normalized spacial score (nSPS) is 10.9. The quantitative estimate of drug-likeness (QED) is 0.784. The molecular weight excluding hydrogens is 348 g/mol. The van der Waals surface area contributed by atoms with Crippen LogP contribution in [0.2, 0.25) is 5.02 Å². The molecule has 0 N–H and O–H groups in total. The average Bonchev–Trinajstić information content (AvgIpc) is 2.57. The van der Waals surface area contributed by atoms with Crippen molar-refractivity contribution in [1.29, 1.82) is 5.26 Å². The first-order chi connectivity index (χ1) is 11.4. The zero-order valence-corrected chi connectivity index (χ0v) is 14.9. The van der Waals surface area contributed by atoms with E-state index in [0.717, 1.165) is 5.56 Å². The van der Waals surface area contributed by atoms with Crippen LogP contribution in [-0.4, -0.2) is 22.1 Å². The van der Waals surface area contributed by atoms with E-state index in [1.807, 2.05) is 0 Å². The highest BCUT2D eigenvalue weighted by atomic mass is 35.5. The number of rotatable bonds is 6. The topological polar surface area (TPSA) is 70.4 Å². The van der Waals surface area contributed by atoms with Crippen molar-refractivity contribution in [1.82, 2.24) is 0 Å². The van der Waals surface area contributed by atoms with Gasteiger partial charge < -0.3 is 4.74 Å². The maximum absolute atomic E-state index is 12.9. The van der Waals surface area contributed by atoms with Crippen LogP contribution < -0.4 is 9.04 Å². The molecule has 2 aromatic carbocycles. The number of ether oxygens (including phenoxy) is 1. The van der Waals surface area contributed by atoms with Crippen molar-refractivity contribution in [3.63, 3.8) is 0 Å². The summed E-state index contributed by atoms with van der Waals surface area (Å²) in [6.07, 6.45) is 0.285. The SMILES string of the molecule is CCN(c1ccc(CC#N)cc1)S(=O)(=O)c1ccc(OC)c(Cl)c1. The Morgan fingerprint density at radius 3 is 2.38 bits per heavy atom. The van der Waals surface area contributed by atoms with Crippen molar-refractivity contribution in [3.05, 3.63) is 53.1 Å². The van der Waals surface area contributed by atoms with Gasteiger partial charge >= 0.3 is 0 Å². The molecule has 0 bridgehead atoms. The maximum atomic E-state index is 12.9. The van der Waals surface area contributed by atoms with Crippen LogP contribution in [0.15, 0.2) is 47.4 Å². The molecule has 0 radical (unpaired) electrons. The number of sulfonamides is 1. The number of hydrogen-bond donors (Lipinski definition) is 0. The van der Waals surface area contributed by atoms with Crippen LogP contribution >= 0.6 is 11.6 Å². The Kier molecular flexibility index (Phi) is 5.71. The highest BCUT2D eigenvalue weighted by molar-refractivity contribution is 7.92. The summed E-state index contributed by atoms with van der Waals surface area (Å²) in [6, 6.07) is 13.3. The Bertz CT molecular complexity index is 858. The number of nitriles is 1. The average molecular weight is 365 g/mol. The highest BCUT2D eigenvalue weighted by Gasteiger charge is 2.24. The summed E-state index contributed by atoms with van der Waals surface area (Å²) in [6.45, 7) is 2.02. The number of methoxy groups -OCH3 is 1. The lowest BCUT2D eigenvalue weighted by Crippen LogP contribution is -2.30. The number of benzene rings is 2. The third kappa shape index (κ3) is 3.64. The predicted molar refractivity (Wildman–Crippen MR) is 94.0 cm³/mol. The minimum Gasteiger partial charge on any atom is -0.495 e. The van der Waals surface area contributed by atoms with E-state index in [-0.39, 0.29) is 22.9 Å². The summed E-state index contributed by atoms with van der Waals surface area (Å²) < 4.78 is 32.1. The minimum atomic E-state index is -3.75. The third-order valence-electron chi connectivity index (χ3n) is 3.51. The van der Waals surface area contributed by atoms with E-state index in [1.165, 1.54) is 29.6 Å². The van der Waals surface area contributed by atoms with E-state index in [2.05, 4.69) is 6.07 Å². The standard InChI is InChI=1S/C17H17ClN2O3S/c1-3-20(14-6-4-13(5-7-14)10-11-19)24(21,22)15-8-9-17(23-2)16(18)12-15/h4-9,12H,3,10H2,1-2H3. The van der Waals surface area contributed by atoms with Gasteiger partial charge in [-0.2, -0.15) is 5.26 Å². The summed E-state index contributed by atoms with van der Waals surface area (Å²) in [5.74, 6) is 0.416. The molecule has 0 fully saturated rings. The summed E-state index contributed by atoms with van der Waals surface area (Å²) in [7, 11) is -2.28. The molecule has 0 aliphatic rings. The number of halogens is 1. The molecule has 2 aromatic rings. The second kappa shape index (κ2) is 7.56. The first-order valence-corrected chi connectivity index (χ1v) is 9.08. The highest BCUT2D eigenvalue weighted by Crippen LogP contribution is 2.30. The predicted octanol–water partition coefficient (Wildman–Crippen LogP) is 3.63. The smallest absolute Gasteiger partial charge is 0.264 e. The molecule has 0 saturated heterocycles. The van der Waals surface area contributed by atoms with Crippen molar-refractivity contribution in [2.24, 2.45) is 0 Å². The van der Waals surface area contributed by atoms with Gasteiger partial charge in [-0.25, -0.2) is 8.42 Å². The summed E-state index contributed by atoms with van der Waals surface area (Å²) in [5, 5.41) is 8.95. The van der Waals surface area contributed by atoms with Crippen LogP contribution in [0, 0.1) is 11.3 Å². The van der Waals surface area contributed by atoms with Crippen LogP contribution in [-0.2, 0) is 16.4 Å². The molecule has 5 nitrogen and oxygen atoms in total. The Balaban J connectivity index is 2.41. The van der Waals surface area contributed by atoms with Crippen molar-refractivity contribution in [3.8, 4) is 11.8 Å². The zero-order chi connectivity index (χ0) is 17.7. The Morgan fingerprint density at radius 1 is 1.21 bits per heavy atom. The molecule has 0 amide bonds. The number of hydrogen-bond acceptors (Lipinski definition) is 4. The van der Waals surface area contributed by atoms with Gasteiger partial charge in [0.1, 0.15) is 5.75 Å². The first-order valence-electron chi connectivity index (χ1n) is 7.26. The lowest BCUT2D eigenvalue weighted by Gasteiger charge is -2.23. The summed E-state index contributed by atoms with van der Waals surface area (Å²) >= 11 is 6.05. The van der Waals surface area contributed by atoms with Crippen molar-refractivity contribution in [2.75, 3.05) is 18.0 Å². The van der Waals surface area contributed by atoms with Gasteiger partial charge in [0.2, 0.25) is 0 Å². The third-order valence-corrected chi connectivity index (χ3v) is 5.70. The number of nitrogens with zero attached hydrogens (tertiary/aromatic N) is 2. The Labute approximate surface area is 147 Å². The molecule has 0 spiro atoms. The fourth-order valence-electron chi connectivity index (χ4n) is 2.30. The van der Waals surface area contributed by atoms with E-state index in [9.17, 15) is 8.42 Å². The van der Waals surface area contributed by atoms with Crippen LogP contribution in [0.25, 0.3) is 0 Å². The van der Waals surface area contributed by atoms with E-state index < -0.39 is 10.0 Å². The van der Waals surface area contributed by atoms with Crippen LogP contribution in [0.1, 0.15) is 12.5 Å². The van der Waals surface area contributed by atoms with E-state index in [4.69, 9.17) is 21.6 Å². The summed E-state index contributed by atoms with van der Waals surface area (Å²) in [4.78, 5) is 0.0938. The minimum absolute atomic E-state index is 0.0938. The van der Waals surface area contributed by atoms with Gasteiger partial charge in [-0.05, 0) is 42.8 Å². The second-order valence-corrected chi connectivity index (χ2v) is 7.24. The lowest BCUT2D eigenvalue weighted by molar-refractivity contribution is 0.414. The van der Waals surface area contributed by atoms with Gasteiger partial charge in [0, 0.05) is 6.54 Å². The molecule has 0 aliphatic carbocycles. The van der Waals surface area contributed by atoms with Crippen molar-refractivity contribution >= 4 is 27.3 Å². The fourth-order valence-corrected chi connectivity index (χ4v) is 4.12.